The summed E-state index contributed by atoms with van der Waals surface area (Å²) in [5.41, 5.74) is 1.56. The molecular weight excluding hydrogens is 440 g/mol. The summed E-state index contributed by atoms with van der Waals surface area (Å²) in [6.45, 7) is 9.91. The van der Waals surface area contributed by atoms with E-state index in [0.717, 1.165) is 25.9 Å². The number of ether oxygens (including phenoxy) is 2. The number of esters is 1. The topological polar surface area (TPSA) is 67.9 Å². The number of carbonyl (C=O) groups excluding carboxylic acids is 2. The molecule has 0 heterocycles. The Bertz CT molecular complexity index is 879. The largest absolute Gasteiger partial charge is 0.493 e. The van der Waals surface area contributed by atoms with Crippen LogP contribution in [0.15, 0.2) is 48.5 Å². The van der Waals surface area contributed by atoms with Gasteiger partial charge >= 0.3 is 5.97 Å². The Morgan fingerprint density at radius 2 is 1.46 bits per heavy atom. The quantitative estimate of drug-likeness (QED) is 0.204. The van der Waals surface area contributed by atoms with E-state index in [1.807, 2.05) is 18.2 Å². The summed E-state index contributed by atoms with van der Waals surface area (Å²) < 4.78 is 11.3. The van der Waals surface area contributed by atoms with Crippen LogP contribution in [-0.2, 0) is 4.74 Å². The van der Waals surface area contributed by atoms with Gasteiger partial charge in [0.15, 0.2) is 0 Å². The predicted molar refractivity (Wildman–Crippen MR) is 142 cm³/mol. The standard InChI is InChI=1S/C29H42N2O4/c1-4-7-8-9-10-11-14-22-34-27-16-13-12-15-26(27)28(32)30-25-19-17-24(18-20-25)29(33)35-23-21-31(5-2)6-3/h12-13,15-20H,4-11,14,21-23H2,1-3H3,(H,30,32). The maximum atomic E-state index is 12.9. The number of rotatable bonds is 17. The minimum Gasteiger partial charge on any atom is -0.493 e. The molecule has 0 bridgehead atoms. The number of amides is 1. The lowest BCUT2D eigenvalue weighted by Gasteiger charge is -2.17. The first-order chi connectivity index (χ1) is 17.1. The van der Waals surface area contributed by atoms with Crippen molar-refractivity contribution in [2.24, 2.45) is 0 Å². The van der Waals surface area contributed by atoms with Crippen molar-refractivity contribution in [3.63, 3.8) is 0 Å². The predicted octanol–water partition coefficient (Wildman–Crippen LogP) is 6.57. The molecule has 35 heavy (non-hydrogen) atoms. The monoisotopic (exact) mass is 482 g/mol. The maximum absolute atomic E-state index is 12.9. The molecule has 2 aromatic rings. The van der Waals surface area contributed by atoms with Crippen molar-refractivity contribution >= 4 is 17.6 Å². The molecule has 2 rings (SSSR count). The van der Waals surface area contributed by atoms with E-state index in [0.29, 0.717) is 42.3 Å². The maximum Gasteiger partial charge on any atom is 0.338 e. The minimum atomic E-state index is -0.362. The van der Waals surface area contributed by atoms with Crippen LogP contribution in [0.25, 0.3) is 0 Å². The van der Waals surface area contributed by atoms with Crippen molar-refractivity contribution in [3.05, 3.63) is 59.7 Å². The molecule has 0 fully saturated rings. The van der Waals surface area contributed by atoms with Gasteiger partial charge in [-0.25, -0.2) is 4.79 Å². The number of benzene rings is 2. The lowest BCUT2D eigenvalue weighted by atomic mass is 10.1. The summed E-state index contributed by atoms with van der Waals surface area (Å²) >= 11 is 0. The number of nitrogens with zero attached hydrogens (tertiary/aromatic N) is 1. The molecule has 0 atom stereocenters. The smallest absolute Gasteiger partial charge is 0.338 e. The number of carbonyl (C=O) groups is 2. The Morgan fingerprint density at radius 1 is 0.800 bits per heavy atom. The van der Waals surface area contributed by atoms with Gasteiger partial charge in [-0.15, -0.1) is 0 Å². The van der Waals surface area contributed by atoms with E-state index in [1.165, 1.54) is 32.1 Å². The van der Waals surface area contributed by atoms with Crippen molar-refractivity contribution in [1.82, 2.24) is 4.90 Å². The lowest BCUT2D eigenvalue weighted by molar-refractivity contribution is 0.0466. The number of anilines is 1. The van der Waals surface area contributed by atoms with Crippen LogP contribution in [0.2, 0.25) is 0 Å². The van der Waals surface area contributed by atoms with Gasteiger partial charge in [0.05, 0.1) is 17.7 Å². The third-order valence-electron chi connectivity index (χ3n) is 6.05. The molecule has 2 aromatic carbocycles. The molecule has 0 radical (unpaired) electrons. The highest BCUT2D eigenvalue weighted by Gasteiger charge is 2.13. The van der Waals surface area contributed by atoms with Gasteiger partial charge in [0.2, 0.25) is 0 Å². The van der Waals surface area contributed by atoms with Crippen molar-refractivity contribution in [2.45, 2.75) is 65.7 Å². The van der Waals surface area contributed by atoms with Crippen molar-refractivity contribution in [3.8, 4) is 5.75 Å². The summed E-state index contributed by atoms with van der Waals surface area (Å²) in [5.74, 6) is -0.0155. The molecular formula is C29H42N2O4. The molecule has 6 nitrogen and oxygen atoms in total. The number of unbranched alkanes of at least 4 members (excludes halogenated alkanes) is 6. The number of hydrogen-bond acceptors (Lipinski definition) is 5. The highest BCUT2D eigenvalue weighted by molar-refractivity contribution is 6.06. The van der Waals surface area contributed by atoms with Crippen LogP contribution in [0, 0.1) is 0 Å². The Balaban J connectivity index is 1.82. The Labute approximate surface area is 211 Å². The third-order valence-corrected chi connectivity index (χ3v) is 6.05. The highest BCUT2D eigenvalue weighted by atomic mass is 16.5. The second kappa shape index (κ2) is 16.7. The van der Waals surface area contributed by atoms with Gasteiger partial charge in [0.1, 0.15) is 12.4 Å². The van der Waals surface area contributed by atoms with Gasteiger partial charge in [0.25, 0.3) is 5.91 Å². The molecule has 0 saturated heterocycles. The van der Waals surface area contributed by atoms with Crippen LogP contribution < -0.4 is 10.1 Å². The van der Waals surface area contributed by atoms with Gasteiger partial charge in [-0.05, 0) is 55.9 Å². The van der Waals surface area contributed by atoms with Crippen LogP contribution in [0.3, 0.4) is 0 Å². The van der Waals surface area contributed by atoms with Crippen LogP contribution in [0.4, 0.5) is 5.69 Å². The first kappa shape index (κ1) is 28.4. The van der Waals surface area contributed by atoms with Gasteiger partial charge < -0.3 is 19.7 Å². The van der Waals surface area contributed by atoms with Gasteiger partial charge in [0, 0.05) is 12.2 Å². The van der Waals surface area contributed by atoms with Crippen LogP contribution >= 0.6 is 0 Å². The second-order valence-electron chi connectivity index (χ2n) is 8.66. The molecule has 1 N–H and O–H groups in total. The SMILES string of the molecule is CCCCCCCCCOc1ccccc1C(=O)Nc1ccc(C(=O)OCCN(CC)CC)cc1. The number of nitrogens with one attached hydrogen (secondary N) is 1. The summed E-state index contributed by atoms with van der Waals surface area (Å²) in [4.78, 5) is 27.3. The van der Waals surface area contributed by atoms with E-state index in [9.17, 15) is 9.59 Å². The lowest BCUT2D eigenvalue weighted by Crippen LogP contribution is -2.27. The van der Waals surface area contributed by atoms with Gasteiger partial charge in [-0.1, -0.05) is 71.4 Å². The number of hydrogen-bond donors (Lipinski definition) is 1. The molecule has 0 aromatic heterocycles. The highest BCUT2D eigenvalue weighted by Crippen LogP contribution is 2.21. The zero-order valence-electron chi connectivity index (χ0n) is 21.7. The van der Waals surface area contributed by atoms with Crippen molar-refractivity contribution in [2.75, 3.05) is 38.2 Å². The Morgan fingerprint density at radius 3 is 2.14 bits per heavy atom. The first-order valence-electron chi connectivity index (χ1n) is 13.1. The summed E-state index contributed by atoms with van der Waals surface area (Å²) in [7, 11) is 0. The molecule has 0 aliphatic carbocycles. The van der Waals surface area contributed by atoms with Crippen molar-refractivity contribution in [1.29, 1.82) is 0 Å². The molecule has 0 saturated carbocycles. The van der Waals surface area contributed by atoms with Crippen LogP contribution in [0.1, 0.15) is 86.4 Å². The van der Waals surface area contributed by atoms with Gasteiger partial charge in [-0.2, -0.15) is 0 Å². The van der Waals surface area contributed by atoms with Crippen LogP contribution in [-0.4, -0.2) is 49.6 Å². The Hall–Kier alpha value is -2.86. The molecule has 0 aliphatic rings. The van der Waals surface area contributed by atoms with Crippen LogP contribution in [0.5, 0.6) is 5.75 Å². The summed E-state index contributed by atoms with van der Waals surface area (Å²) in [5, 5.41) is 2.89. The molecule has 0 unspecified atom stereocenters. The van der Waals surface area contributed by atoms with E-state index in [4.69, 9.17) is 9.47 Å². The third kappa shape index (κ3) is 10.5. The first-order valence-corrected chi connectivity index (χ1v) is 13.1. The second-order valence-corrected chi connectivity index (χ2v) is 8.66. The zero-order chi connectivity index (χ0) is 25.3. The average Bonchev–Trinajstić information content (AvgIpc) is 2.88. The van der Waals surface area contributed by atoms with E-state index in [-0.39, 0.29) is 11.9 Å². The molecule has 0 aliphatic heterocycles. The Kier molecular flexibility index (Phi) is 13.6. The summed E-state index contributed by atoms with van der Waals surface area (Å²) in [6.07, 6.45) is 8.50. The normalized spacial score (nSPS) is 10.9. The molecule has 6 heteroatoms. The number of likely N-dealkylation sites (N-methyl/N-ethyl adjacent to an activating group) is 1. The fraction of sp³-hybridized carbons (Fsp3) is 0.517. The number of para-hydroxylation sites is 1. The fourth-order valence-electron chi connectivity index (χ4n) is 3.80. The molecule has 1 amide bonds. The minimum absolute atomic E-state index is 0.241. The zero-order valence-corrected chi connectivity index (χ0v) is 21.7. The van der Waals surface area contributed by atoms with E-state index >= 15 is 0 Å². The van der Waals surface area contributed by atoms with Gasteiger partial charge in [-0.3, -0.25) is 4.79 Å². The average molecular weight is 483 g/mol. The van der Waals surface area contributed by atoms with E-state index in [2.05, 4.69) is 31.0 Å². The fourth-order valence-corrected chi connectivity index (χ4v) is 3.80. The van der Waals surface area contributed by atoms with E-state index in [1.54, 1.807) is 30.3 Å². The van der Waals surface area contributed by atoms with Crippen molar-refractivity contribution < 1.29 is 19.1 Å². The molecule has 192 valence electrons. The van der Waals surface area contributed by atoms with E-state index < -0.39 is 0 Å². The summed E-state index contributed by atoms with van der Waals surface area (Å²) in [6, 6.07) is 14.0. The molecule has 0 spiro atoms.